The van der Waals surface area contributed by atoms with Crippen LogP contribution >= 0.6 is 11.3 Å². The SMILES string of the molecule is O=C(NC1CCN(CC(O)c2ccccc2)CC1)c1ccsc1. The number of hydrogen-bond acceptors (Lipinski definition) is 4. The predicted octanol–water partition coefficient (Wildman–Crippen LogP) is 2.68. The highest BCUT2D eigenvalue weighted by Crippen LogP contribution is 2.18. The average molecular weight is 330 g/mol. The van der Waals surface area contributed by atoms with E-state index in [0.29, 0.717) is 6.54 Å². The number of thiophene rings is 1. The Balaban J connectivity index is 1.44. The molecule has 1 unspecified atom stereocenters. The third-order valence-corrected chi connectivity index (χ3v) is 5.00. The molecular formula is C18H22N2O2S. The summed E-state index contributed by atoms with van der Waals surface area (Å²) >= 11 is 1.54. The zero-order chi connectivity index (χ0) is 16.1. The van der Waals surface area contributed by atoms with E-state index in [-0.39, 0.29) is 11.9 Å². The number of likely N-dealkylation sites (tertiary alicyclic amines) is 1. The average Bonchev–Trinajstić information content (AvgIpc) is 3.12. The second kappa shape index (κ2) is 7.73. The van der Waals surface area contributed by atoms with Gasteiger partial charge in [0.2, 0.25) is 0 Å². The molecule has 1 aromatic heterocycles. The van der Waals surface area contributed by atoms with E-state index < -0.39 is 6.10 Å². The Labute approximate surface area is 140 Å². The van der Waals surface area contributed by atoms with Gasteiger partial charge in [0.1, 0.15) is 0 Å². The number of aliphatic hydroxyl groups excluding tert-OH is 1. The molecule has 5 heteroatoms. The van der Waals surface area contributed by atoms with Gasteiger partial charge in [-0.05, 0) is 29.9 Å². The highest BCUT2D eigenvalue weighted by Gasteiger charge is 2.23. The molecule has 0 radical (unpaired) electrons. The van der Waals surface area contributed by atoms with E-state index in [9.17, 15) is 9.90 Å². The lowest BCUT2D eigenvalue weighted by Crippen LogP contribution is -2.45. The van der Waals surface area contributed by atoms with Crippen molar-refractivity contribution in [1.29, 1.82) is 0 Å². The van der Waals surface area contributed by atoms with Gasteiger partial charge in [-0.25, -0.2) is 0 Å². The van der Waals surface area contributed by atoms with Gasteiger partial charge in [-0.15, -0.1) is 0 Å². The maximum absolute atomic E-state index is 12.1. The van der Waals surface area contributed by atoms with Gasteiger partial charge >= 0.3 is 0 Å². The van der Waals surface area contributed by atoms with Crippen molar-refractivity contribution in [1.82, 2.24) is 10.2 Å². The molecule has 2 N–H and O–H groups in total. The minimum atomic E-state index is -0.451. The fourth-order valence-corrected chi connectivity index (χ4v) is 3.58. The highest BCUT2D eigenvalue weighted by atomic mass is 32.1. The first-order chi connectivity index (χ1) is 11.2. The fraction of sp³-hybridized carbons (Fsp3) is 0.389. The molecule has 23 heavy (non-hydrogen) atoms. The van der Waals surface area contributed by atoms with Crippen molar-refractivity contribution in [2.45, 2.75) is 25.0 Å². The number of carbonyl (C=O) groups excluding carboxylic acids is 1. The van der Waals surface area contributed by atoms with Gasteiger partial charge in [-0.3, -0.25) is 4.79 Å². The van der Waals surface area contributed by atoms with Gasteiger partial charge in [-0.2, -0.15) is 11.3 Å². The first-order valence-electron chi connectivity index (χ1n) is 8.01. The van der Waals surface area contributed by atoms with Gasteiger partial charge in [0.25, 0.3) is 5.91 Å². The van der Waals surface area contributed by atoms with Crippen LogP contribution in [0, 0.1) is 0 Å². The Morgan fingerprint density at radius 2 is 2.00 bits per heavy atom. The third-order valence-electron chi connectivity index (χ3n) is 4.32. The normalized spacial score (nSPS) is 17.8. The number of nitrogens with one attached hydrogen (secondary N) is 1. The molecule has 122 valence electrons. The molecule has 0 aliphatic carbocycles. The number of amides is 1. The molecule has 1 fully saturated rings. The molecule has 3 rings (SSSR count). The van der Waals surface area contributed by atoms with Crippen LogP contribution in [0.25, 0.3) is 0 Å². The zero-order valence-corrected chi connectivity index (χ0v) is 13.8. The van der Waals surface area contributed by atoms with Crippen LogP contribution in [0.4, 0.5) is 0 Å². The lowest BCUT2D eigenvalue weighted by Gasteiger charge is -2.33. The quantitative estimate of drug-likeness (QED) is 0.886. The summed E-state index contributed by atoms with van der Waals surface area (Å²) in [4.78, 5) is 14.3. The maximum Gasteiger partial charge on any atom is 0.252 e. The van der Waals surface area contributed by atoms with Crippen LogP contribution in [-0.4, -0.2) is 41.6 Å². The first kappa shape index (κ1) is 16.2. The summed E-state index contributed by atoms with van der Waals surface area (Å²) in [5.41, 5.74) is 1.71. The number of hydrogen-bond donors (Lipinski definition) is 2. The number of nitrogens with zero attached hydrogens (tertiary/aromatic N) is 1. The van der Waals surface area contributed by atoms with E-state index in [4.69, 9.17) is 0 Å². The first-order valence-corrected chi connectivity index (χ1v) is 8.95. The zero-order valence-electron chi connectivity index (χ0n) is 13.0. The standard InChI is InChI=1S/C18H22N2O2S/c21-17(14-4-2-1-3-5-14)12-20-9-6-16(7-10-20)19-18(22)15-8-11-23-13-15/h1-5,8,11,13,16-17,21H,6-7,9-10,12H2,(H,19,22). The second-order valence-electron chi connectivity index (χ2n) is 5.99. The molecule has 1 amide bonds. The lowest BCUT2D eigenvalue weighted by molar-refractivity contribution is 0.0828. The van der Waals surface area contributed by atoms with Crippen molar-refractivity contribution >= 4 is 17.2 Å². The molecule has 1 atom stereocenters. The molecule has 2 aromatic rings. The van der Waals surface area contributed by atoms with Crippen LogP contribution in [0.5, 0.6) is 0 Å². The summed E-state index contributed by atoms with van der Waals surface area (Å²) in [6.07, 6.45) is 1.41. The molecular weight excluding hydrogens is 308 g/mol. The number of carbonyl (C=O) groups is 1. The van der Waals surface area contributed by atoms with Crippen molar-refractivity contribution in [3.05, 3.63) is 58.3 Å². The van der Waals surface area contributed by atoms with Crippen LogP contribution in [0.1, 0.15) is 34.9 Å². The smallest absolute Gasteiger partial charge is 0.252 e. The van der Waals surface area contributed by atoms with Gasteiger partial charge in [-0.1, -0.05) is 30.3 Å². The molecule has 1 aliphatic heterocycles. The number of piperidine rings is 1. The molecule has 0 bridgehead atoms. The second-order valence-corrected chi connectivity index (χ2v) is 6.77. The molecule has 1 saturated heterocycles. The van der Waals surface area contributed by atoms with E-state index in [0.717, 1.165) is 37.1 Å². The van der Waals surface area contributed by atoms with Gasteiger partial charge in [0, 0.05) is 36.6 Å². The minimum absolute atomic E-state index is 0.0222. The van der Waals surface area contributed by atoms with Crippen LogP contribution in [0.2, 0.25) is 0 Å². The Morgan fingerprint density at radius 1 is 1.26 bits per heavy atom. The molecule has 0 saturated carbocycles. The largest absolute Gasteiger partial charge is 0.387 e. The van der Waals surface area contributed by atoms with Crippen LogP contribution in [0.3, 0.4) is 0 Å². The van der Waals surface area contributed by atoms with Crippen molar-refractivity contribution in [3.8, 4) is 0 Å². The summed E-state index contributed by atoms with van der Waals surface area (Å²) < 4.78 is 0. The molecule has 0 spiro atoms. The molecule has 4 nitrogen and oxygen atoms in total. The Hall–Kier alpha value is -1.69. The number of β-amino-alcohol motifs (C(OH)–C–C–N with tert-alkyl or cyclic N) is 1. The fourth-order valence-electron chi connectivity index (χ4n) is 2.95. The Morgan fingerprint density at radius 3 is 2.65 bits per heavy atom. The molecule has 1 aromatic carbocycles. The number of rotatable bonds is 5. The highest BCUT2D eigenvalue weighted by molar-refractivity contribution is 7.08. The molecule has 1 aliphatic rings. The summed E-state index contributed by atoms with van der Waals surface area (Å²) in [7, 11) is 0. The van der Waals surface area contributed by atoms with Gasteiger partial charge in [0.15, 0.2) is 0 Å². The minimum Gasteiger partial charge on any atom is -0.387 e. The monoisotopic (exact) mass is 330 g/mol. The van der Waals surface area contributed by atoms with E-state index in [1.165, 1.54) is 11.3 Å². The van der Waals surface area contributed by atoms with Crippen molar-refractivity contribution < 1.29 is 9.90 Å². The maximum atomic E-state index is 12.1. The van der Waals surface area contributed by atoms with E-state index in [1.807, 2.05) is 47.2 Å². The topological polar surface area (TPSA) is 52.6 Å². The molecule has 2 heterocycles. The Bertz CT molecular complexity index is 607. The summed E-state index contributed by atoms with van der Waals surface area (Å²) in [6, 6.07) is 11.8. The lowest BCUT2D eigenvalue weighted by atomic mass is 10.0. The van der Waals surface area contributed by atoms with Gasteiger partial charge < -0.3 is 15.3 Å². The van der Waals surface area contributed by atoms with Crippen LogP contribution in [0.15, 0.2) is 47.2 Å². The summed E-state index contributed by atoms with van der Waals surface area (Å²) in [5.74, 6) is 0.0222. The van der Waals surface area contributed by atoms with E-state index >= 15 is 0 Å². The predicted molar refractivity (Wildman–Crippen MR) is 92.6 cm³/mol. The third kappa shape index (κ3) is 4.41. The van der Waals surface area contributed by atoms with Gasteiger partial charge in [0.05, 0.1) is 6.10 Å². The van der Waals surface area contributed by atoms with Crippen molar-refractivity contribution in [3.63, 3.8) is 0 Å². The van der Waals surface area contributed by atoms with E-state index in [2.05, 4.69) is 10.2 Å². The summed E-state index contributed by atoms with van der Waals surface area (Å²) in [6.45, 7) is 2.45. The van der Waals surface area contributed by atoms with Crippen molar-refractivity contribution in [2.24, 2.45) is 0 Å². The summed E-state index contributed by atoms with van der Waals surface area (Å²) in [5, 5.41) is 17.2. The number of benzene rings is 1. The van der Waals surface area contributed by atoms with Crippen LogP contribution < -0.4 is 5.32 Å². The van der Waals surface area contributed by atoms with Crippen molar-refractivity contribution in [2.75, 3.05) is 19.6 Å². The number of aliphatic hydroxyl groups is 1. The Kier molecular flexibility index (Phi) is 5.43. The van der Waals surface area contributed by atoms with Crippen LogP contribution in [-0.2, 0) is 0 Å². The van der Waals surface area contributed by atoms with E-state index in [1.54, 1.807) is 0 Å².